The van der Waals surface area contributed by atoms with Crippen molar-refractivity contribution in [2.75, 3.05) is 5.32 Å². The van der Waals surface area contributed by atoms with Gasteiger partial charge in [0.1, 0.15) is 0 Å². The van der Waals surface area contributed by atoms with Gasteiger partial charge >= 0.3 is 0 Å². The Morgan fingerprint density at radius 2 is 1.95 bits per heavy atom. The molecule has 2 aromatic rings. The molecule has 2 aromatic carbocycles. The largest absolute Gasteiger partial charge is 0.411 e. The summed E-state index contributed by atoms with van der Waals surface area (Å²) in [7, 11) is 0. The number of nitrogens with one attached hydrogen (secondary N) is 1. The number of amides is 1. The van der Waals surface area contributed by atoms with E-state index in [2.05, 4.69) is 10.5 Å². The van der Waals surface area contributed by atoms with Gasteiger partial charge in [0.05, 0.1) is 16.3 Å². The van der Waals surface area contributed by atoms with Gasteiger partial charge < -0.3 is 10.5 Å². The average Bonchev–Trinajstić information content (AvgIpc) is 2.47. The smallest absolute Gasteiger partial charge is 0.257 e. The van der Waals surface area contributed by atoms with Gasteiger partial charge in [0, 0.05) is 11.3 Å². The zero-order valence-electron chi connectivity index (χ0n) is 10.8. The van der Waals surface area contributed by atoms with Crippen LogP contribution in [0.3, 0.4) is 0 Å². The number of halogens is 1. The van der Waals surface area contributed by atoms with Gasteiger partial charge in [0.25, 0.3) is 5.91 Å². The molecule has 0 atom stereocenters. The third kappa shape index (κ3) is 3.16. The van der Waals surface area contributed by atoms with Crippen LogP contribution < -0.4 is 5.32 Å². The third-order valence-electron chi connectivity index (χ3n) is 2.81. The lowest BCUT2D eigenvalue weighted by atomic mass is 10.1. The van der Waals surface area contributed by atoms with E-state index < -0.39 is 0 Å². The summed E-state index contributed by atoms with van der Waals surface area (Å²) in [4.78, 5) is 12.1. The minimum atomic E-state index is -0.286. The van der Waals surface area contributed by atoms with Gasteiger partial charge in [-0.3, -0.25) is 4.79 Å². The van der Waals surface area contributed by atoms with E-state index in [0.29, 0.717) is 22.0 Å². The first-order valence-electron chi connectivity index (χ1n) is 5.97. The van der Waals surface area contributed by atoms with Crippen LogP contribution in [-0.4, -0.2) is 16.8 Å². The van der Waals surface area contributed by atoms with Crippen LogP contribution in [0.25, 0.3) is 0 Å². The SMILES string of the molecule is C/C(=N\O)c1cccc(NC(=O)c2ccccc2Cl)c1. The van der Waals surface area contributed by atoms with Crippen molar-refractivity contribution in [2.24, 2.45) is 5.16 Å². The van der Waals surface area contributed by atoms with E-state index in [1.54, 1.807) is 55.5 Å². The molecule has 0 aliphatic rings. The molecule has 0 spiro atoms. The number of oxime groups is 1. The summed E-state index contributed by atoms with van der Waals surface area (Å²) < 4.78 is 0. The number of benzene rings is 2. The summed E-state index contributed by atoms with van der Waals surface area (Å²) in [5, 5.41) is 15.0. The molecule has 1 amide bonds. The fourth-order valence-electron chi connectivity index (χ4n) is 1.72. The Hall–Kier alpha value is -2.33. The zero-order chi connectivity index (χ0) is 14.5. The Morgan fingerprint density at radius 1 is 1.20 bits per heavy atom. The van der Waals surface area contributed by atoms with Crippen molar-refractivity contribution in [1.29, 1.82) is 0 Å². The standard InChI is InChI=1S/C15H13ClN2O2/c1-10(18-20)11-5-4-6-12(9-11)17-15(19)13-7-2-3-8-14(13)16/h2-9,20H,1H3,(H,17,19)/b18-10+. The summed E-state index contributed by atoms with van der Waals surface area (Å²) >= 11 is 5.98. The lowest BCUT2D eigenvalue weighted by Crippen LogP contribution is -2.12. The molecule has 2 N–H and O–H groups in total. The number of carbonyl (C=O) groups is 1. The number of rotatable bonds is 3. The van der Waals surface area contributed by atoms with Crippen LogP contribution in [0.2, 0.25) is 5.02 Å². The maximum absolute atomic E-state index is 12.1. The Labute approximate surface area is 121 Å². The highest BCUT2D eigenvalue weighted by molar-refractivity contribution is 6.34. The Kier molecular flexibility index (Phi) is 4.38. The van der Waals surface area contributed by atoms with Crippen molar-refractivity contribution in [3.8, 4) is 0 Å². The summed E-state index contributed by atoms with van der Waals surface area (Å²) in [6.07, 6.45) is 0. The van der Waals surface area contributed by atoms with E-state index in [4.69, 9.17) is 16.8 Å². The molecule has 0 aliphatic carbocycles. The Balaban J connectivity index is 2.23. The van der Waals surface area contributed by atoms with E-state index >= 15 is 0 Å². The summed E-state index contributed by atoms with van der Waals surface area (Å²) in [5.74, 6) is -0.286. The van der Waals surface area contributed by atoms with E-state index in [9.17, 15) is 4.79 Å². The molecule has 20 heavy (non-hydrogen) atoms. The van der Waals surface area contributed by atoms with Gasteiger partial charge in [-0.2, -0.15) is 0 Å². The highest BCUT2D eigenvalue weighted by Gasteiger charge is 2.10. The van der Waals surface area contributed by atoms with Crippen molar-refractivity contribution in [3.05, 3.63) is 64.7 Å². The summed E-state index contributed by atoms with van der Waals surface area (Å²) in [6, 6.07) is 13.9. The number of hydrogen-bond acceptors (Lipinski definition) is 3. The van der Waals surface area contributed by atoms with Crippen LogP contribution in [0, 0.1) is 0 Å². The van der Waals surface area contributed by atoms with Gasteiger partial charge in [0.15, 0.2) is 0 Å². The van der Waals surface area contributed by atoms with Gasteiger partial charge in [-0.15, -0.1) is 0 Å². The molecule has 4 nitrogen and oxygen atoms in total. The molecule has 0 radical (unpaired) electrons. The molecule has 2 rings (SSSR count). The maximum atomic E-state index is 12.1. The van der Waals surface area contributed by atoms with Crippen LogP contribution in [0.4, 0.5) is 5.69 Å². The van der Waals surface area contributed by atoms with Crippen LogP contribution >= 0.6 is 11.6 Å². The minimum Gasteiger partial charge on any atom is -0.411 e. The molecule has 5 heteroatoms. The molecule has 0 saturated carbocycles. The Bertz CT molecular complexity index is 668. The first-order valence-corrected chi connectivity index (χ1v) is 6.34. The lowest BCUT2D eigenvalue weighted by Gasteiger charge is -2.08. The normalized spacial score (nSPS) is 11.2. The average molecular weight is 289 g/mol. The number of nitrogens with zero attached hydrogens (tertiary/aromatic N) is 1. The summed E-state index contributed by atoms with van der Waals surface area (Å²) in [6.45, 7) is 1.68. The number of anilines is 1. The first-order chi connectivity index (χ1) is 9.61. The molecule has 0 bridgehead atoms. The number of hydrogen-bond donors (Lipinski definition) is 2. The van der Waals surface area contributed by atoms with Crippen LogP contribution in [0.1, 0.15) is 22.8 Å². The van der Waals surface area contributed by atoms with E-state index in [1.165, 1.54) is 0 Å². The molecule has 0 saturated heterocycles. The van der Waals surface area contributed by atoms with Crippen LogP contribution in [-0.2, 0) is 0 Å². The second-order valence-corrected chi connectivity index (χ2v) is 4.61. The molecule has 0 heterocycles. The molecule has 0 aromatic heterocycles. The van der Waals surface area contributed by atoms with E-state index in [-0.39, 0.29) is 5.91 Å². The molecule has 0 aliphatic heterocycles. The molecule has 0 fully saturated rings. The quantitative estimate of drug-likeness (QED) is 0.513. The molecular formula is C15H13ClN2O2. The second kappa shape index (κ2) is 6.21. The first kappa shape index (κ1) is 14.1. The highest BCUT2D eigenvalue weighted by atomic mass is 35.5. The van der Waals surface area contributed by atoms with Crippen molar-refractivity contribution < 1.29 is 10.0 Å². The fraction of sp³-hybridized carbons (Fsp3) is 0.0667. The Morgan fingerprint density at radius 3 is 2.65 bits per heavy atom. The topological polar surface area (TPSA) is 61.7 Å². The van der Waals surface area contributed by atoms with Gasteiger partial charge in [0.2, 0.25) is 0 Å². The third-order valence-corrected chi connectivity index (χ3v) is 3.14. The van der Waals surface area contributed by atoms with Crippen molar-refractivity contribution in [1.82, 2.24) is 0 Å². The maximum Gasteiger partial charge on any atom is 0.257 e. The highest BCUT2D eigenvalue weighted by Crippen LogP contribution is 2.18. The summed E-state index contributed by atoms with van der Waals surface area (Å²) in [5.41, 5.74) is 2.21. The molecule has 0 unspecified atom stereocenters. The minimum absolute atomic E-state index is 0.286. The lowest BCUT2D eigenvalue weighted by molar-refractivity contribution is 0.102. The second-order valence-electron chi connectivity index (χ2n) is 4.20. The predicted molar refractivity (Wildman–Crippen MR) is 79.8 cm³/mol. The number of carbonyl (C=O) groups excluding carboxylic acids is 1. The molecular weight excluding hydrogens is 276 g/mol. The zero-order valence-corrected chi connectivity index (χ0v) is 11.6. The fourth-order valence-corrected chi connectivity index (χ4v) is 1.95. The van der Waals surface area contributed by atoms with Crippen molar-refractivity contribution in [2.45, 2.75) is 6.92 Å². The van der Waals surface area contributed by atoms with Gasteiger partial charge in [-0.1, -0.05) is 41.0 Å². The monoisotopic (exact) mass is 288 g/mol. The van der Waals surface area contributed by atoms with Crippen molar-refractivity contribution >= 4 is 28.9 Å². The van der Waals surface area contributed by atoms with E-state index in [1.807, 2.05) is 0 Å². The predicted octanol–water partition coefficient (Wildman–Crippen LogP) is 3.79. The van der Waals surface area contributed by atoms with Gasteiger partial charge in [-0.05, 0) is 31.2 Å². The molecule has 102 valence electrons. The van der Waals surface area contributed by atoms with Gasteiger partial charge in [-0.25, -0.2) is 0 Å². The van der Waals surface area contributed by atoms with Crippen LogP contribution in [0.5, 0.6) is 0 Å². The van der Waals surface area contributed by atoms with Crippen molar-refractivity contribution in [3.63, 3.8) is 0 Å². The van der Waals surface area contributed by atoms with E-state index in [0.717, 1.165) is 5.56 Å². The van der Waals surface area contributed by atoms with Crippen LogP contribution in [0.15, 0.2) is 53.7 Å².